The van der Waals surface area contributed by atoms with Crippen molar-refractivity contribution in [2.45, 2.75) is 51.2 Å². The van der Waals surface area contributed by atoms with Crippen molar-refractivity contribution in [1.29, 1.82) is 0 Å². The average Bonchev–Trinajstić information content (AvgIpc) is 3.07. The van der Waals surface area contributed by atoms with Gasteiger partial charge in [0.15, 0.2) is 0 Å². The lowest BCUT2D eigenvalue weighted by Gasteiger charge is -2.28. The molecule has 0 amide bonds. The lowest BCUT2D eigenvalue weighted by Crippen LogP contribution is -2.36. The van der Waals surface area contributed by atoms with E-state index in [1.165, 1.54) is 4.90 Å². The molecule has 1 aromatic carbocycles. The highest BCUT2D eigenvalue weighted by molar-refractivity contribution is 6.76. The number of rotatable bonds is 8. The molecule has 8 nitrogen and oxygen atoms in total. The summed E-state index contributed by atoms with van der Waals surface area (Å²) in [6.07, 6.45) is -3.85. The van der Waals surface area contributed by atoms with Crippen LogP contribution in [-0.4, -0.2) is 31.0 Å². The summed E-state index contributed by atoms with van der Waals surface area (Å²) in [5, 5.41) is 7.52. The zero-order chi connectivity index (χ0) is 23.5. The molecule has 0 saturated heterocycles. The molecular weight excluding hydrogens is 441 g/mol. The lowest BCUT2D eigenvalue weighted by molar-refractivity contribution is -0.138. The molecule has 12 heteroatoms. The summed E-state index contributed by atoms with van der Waals surface area (Å²) in [7, 11) is -1.38. The highest BCUT2D eigenvalue weighted by atomic mass is 28.3. The van der Waals surface area contributed by atoms with Crippen LogP contribution in [0.3, 0.4) is 0 Å². The van der Waals surface area contributed by atoms with Crippen LogP contribution in [0.25, 0.3) is 10.4 Å². The molecule has 3 rings (SSSR count). The number of nitrogens with zero attached hydrogens (tertiary/aromatic N) is 6. The van der Waals surface area contributed by atoms with E-state index in [1.807, 2.05) is 0 Å². The van der Waals surface area contributed by atoms with E-state index in [0.717, 1.165) is 23.4 Å². The quantitative estimate of drug-likeness (QED) is 0.181. The zero-order valence-electron chi connectivity index (χ0n) is 18.1. The number of alkyl halides is 3. The van der Waals surface area contributed by atoms with Gasteiger partial charge in [-0.1, -0.05) is 49.0 Å². The van der Waals surface area contributed by atoms with Crippen molar-refractivity contribution in [3.63, 3.8) is 0 Å². The van der Waals surface area contributed by atoms with Gasteiger partial charge in [-0.15, -0.1) is 0 Å². The van der Waals surface area contributed by atoms with Crippen LogP contribution < -0.4 is 10.5 Å². The Morgan fingerprint density at radius 2 is 2.03 bits per heavy atom. The van der Waals surface area contributed by atoms with E-state index < -0.39 is 31.4 Å². The van der Waals surface area contributed by atoms with Gasteiger partial charge in [0.05, 0.1) is 24.5 Å². The second kappa shape index (κ2) is 9.35. The minimum Gasteiger partial charge on any atom is -0.359 e. The van der Waals surface area contributed by atoms with Crippen molar-refractivity contribution in [3.05, 3.63) is 67.9 Å². The molecule has 0 bridgehead atoms. The number of benzene rings is 1. The molecule has 32 heavy (non-hydrogen) atoms. The summed E-state index contributed by atoms with van der Waals surface area (Å²) < 4.78 is 48.2. The van der Waals surface area contributed by atoms with E-state index in [0.29, 0.717) is 11.3 Å². The average molecular weight is 467 g/mol. The Morgan fingerprint density at radius 1 is 1.31 bits per heavy atom. The van der Waals surface area contributed by atoms with E-state index in [-0.39, 0.29) is 25.5 Å². The number of hydrogen-bond donors (Lipinski definition) is 0. The van der Waals surface area contributed by atoms with Gasteiger partial charge in [-0.3, -0.25) is 4.79 Å². The maximum absolute atomic E-state index is 14.0. The highest BCUT2D eigenvalue weighted by Gasteiger charge is 2.42. The Labute approximate surface area is 184 Å². The number of ether oxygens (including phenoxy) is 1. The molecule has 0 N–H and O–H groups in total. The van der Waals surface area contributed by atoms with Gasteiger partial charge in [0.25, 0.3) is 5.56 Å². The number of aromatic nitrogens is 2. The maximum Gasteiger partial charge on any atom is 0.423 e. The summed E-state index contributed by atoms with van der Waals surface area (Å²) in [6, 6.07) is 7.32. The van der Waals surface area contributed by atoms with Gasteiger partial charge in [0, 0.05) is 26.1 Å². The van der Waals surface area contributed by atoms with Crippen molar-refractivity contribution in [1.82, 2.24) is 9.78 Å². The fraction of sp³-hybridized carbons (Fsp3) is 0.500. The second-order valence-electron chi connectivity index (χ2n) is 8.81. The van der Waals surface area contributed by atoms with E-state index in [4.69, 9.17) is 10.3 Å². The van der Waals surface area contributed by atoms with Gasteiger partial charge >= 0.3 is 6.18 Å². The predicted octanol–water partition coefficient (Wildman–Crippen LogP) is 4.95. The number of fused-ring (bicyclic) bond motifs is 1. The van der Waals surface area contributed by atoms with Gasteiger partial charge in [-0.2, -0.15) is 18.3 Å². The summed E-state index contributed by atoms with van der Waals surface area (Å²) in [6.45, 7) is 6.52. The van der Waals surface area contributed by atoms with Gasteiger partial charge in [-0.25, -0.2) is 4.68 Å². The van der Waals surface area contributed by atoms with E-state index >= 15 is 0 Å². The van der Waals surface area contributed by atoms with Crippen LogP contribution >= 0.6 is 0 Å². The molecule has 1 unspecified atom stereocenters. The topological polar surface area (TPSA) is 96.1 Å². The van der Waals surface area contributed by atoms with Gasteiger partial charge < -0.3 is 9.64 Å². The Hall–Kier alpha value is -2.82. The van der Waals surface area contributed by atoms with Crippen LogP contribution in [0.5, 0.6) is 0 Å². The van der Waals surface area contributed by atoms with Crippen LogP contribution in [0.15, 0.2) is 40.4 Å². The lowest BCUT2D eigenvalue weighted by atomic mass is 10.0. The van der Waals surface area contributed by atoms with Gasteiger partial charge in [-0.05, 0) is 22.7 Å². The largest absolute Gasteiger partial charge is 0.423 e. The van der Waals surface area contributed by atoms with Crippen LogP contribution in [-0.2, 0) is 24.2 Å². The maximum atomic E-state index is 14.0. The Morgan fingerprint density at radius 3 is 2.69 bits per heavy atom. The summed E-state index contributed by atoms with van der Waals surface area (Å²) in [4.78, 5) is 16.9. The monoisotopic (exact) mass is 466 g/mol. The van der Waals surface area contributed by atoms with Crippen molar-refractivity contribution in [2.24, 2.45) is 5.11 Å². The molecule has 172 valence electrons. The number of azide groups is 1. The Kier molecular flexibility index (Phi) is 6.96. The van der Waals surface area contributed by atoms with Crippen LogP contribution in [0.2, 0.25) is 25.7 Å². The number of hydrogen-bond acceptors (Lipinski definition) is 5. The number of anilines is 1. The van der Waals surface area contributed by atoms with Gasteiger partial charge in [0.2, 0.25) is 0 Å². The fourth-order valence-electron chi connectivity index (χ4n) is 3.61. The standard InChI is InChI=1S/C20H25F3N6O2Si/c1-32(2,3)9-8-31-13-29-19(30)18(20(21,22)23)17(11-26-29)28-12-14-6-4-5-7-15(14)16(28)10-25-27-24/h4-7,11,16H,8-10,12-13H2,1-3H3. The highest BCUT2D eigenvalue weighted by Crippen LogP contribution is 2.42. The van der Waals surface area contributed by atoms with E-state index in [1.54, 1.807) is 24.3 Å². The van der Waals surface area contributed by atoms with Crippen molar-refractivity contribution < 1.29 is 17.9 Å². The third-order valence-corrected chi connectivity index (χ3v) is 6.98. The third-order valence-electron chi connectivity index (χ3n) is 5.28. The molecule has 2 aromatic rings. The van der Waals surface area contributed by atoms with E-state index in [2.05, 4.69) is 34.8 Å². The molecule has 0 radical (unpaired) electrons. The molecule has 1 aliphatic rings. The Bertz CT molecular complexity index is 1080. The van der Waals surface area contributed by atoms with Crippen LogP contribution in [0, 0.1) is 0 Å². The van der Waals surface area contributed by atoms with Crippen molar-refractivity contribution in [3.8, 4) is 0 Å². The Balaban J connectivity index is 1.97. The van der Waals surface area contributed by atoms with Crippen LogP contribution in [0.1, 0.15) is 22.7 Å². The molecule has 0 spiro atoms. The molecular formula is C20H25F3N6O2Si. The minimum absolute atomic E-state index is 0.0757. The van der Waals surface area contributed by atoms with Crippen LogP contribution in [0.4, 0.5) is 18.9 Å². The second-order valence-corrected chi connectivity index (χ2v) is 14.4. The first kappa shape index (κ1) is 23.8. The van der Waals surface area contributed by atoms with Crippen molar-refractivity contribution >= 4 is 13.8 Å². The third kappa shape index (κ3) is 5.32. The fourth-order valence-corrected chi connectivity index (χ4v) is 4.37. The first-order valence-electron chi connectivity index (χ1n) is 10.1. The molecule has 2 heterocycles. The molecule has 0 fully saturated rings. The molecule has 0 saturated carbocycles. The minimum atomic E-state index is -4.90. The van der Waals surface area contributed by atoms with Gasteiger partial charge in [0.1, 0.15) is 12.3 Å². The molecule has 1 aliphatic heterocycles. The molecule has 0 aliphatic carbocycles. The molecule has 1 aromatic heterocycles. The summed E-state index contributed by atoms with van der Waals surface area (Å²) in [5.41, 5.74) is 7.39. The van der Waals surface area contributed by atoms with Crippen molar-refractivity contribution in [2.75, 3.05) is 18.1 Å². The number of halogens is 3. The SMILES string of the molecule is C[Si](C)(C)CCOCn1ncc(N2Cc3ccccc3C2CN=[N+]=[N-])c(C(F)(F)F)c1=O. The zero-order valence-corrected chi connectivity index (χ0v) is 19.1. The van der Waals surface area contributed by atoms with E-state index in [9.17, 15) is 18.0 Å². The smallest absolute Gasteiger partial charge is 0.359 e. The summed E-state index contributed by atoms with van der Waals surface area (Å²) in [5.74, 6) is 0. The summed E-state index contributed by atoms with van der Waals surface area (Å²) >= 11 is 0. The normalized spacial score (nSPS) is 16.1. The predicted molar refractivity (Wildman–Crippen MR) is 117 cm³/mol. The first-order chi connectivity index (χ1) is 15.0. The molecule has 1 atom stereocenters. The first-order valence-corrected chi connectivity index (χ1v) is 13.8.